The molecule has 0 aliphatic rings. The van der Waals surface area contributed by atoms with Gasteiger partial charge >= 0.3 is 0 Å². The first-order chi connectivity index (χ1) is 8.11. The van der Waals surface area contributed by atoms with Crippen molar-refractivity contribution in [2.24, 2.45) is 0 Å². The van der Waals surface area contributed by atoms with Gasteiger partial charge < -0.3 is 0 Å². The van der Waals surface area contributed by atoms with Crippen LogP contribution in [0.1, 0.15) is 45.7 Å². The summed E-state index contributed by atoms with van der Waals surface area (Å²) in [6, 6.07) is 7.57. The van der Waals surface area contributed by atoms with Crippen LogP contribution in [0.5, 0.6) is 0 Å². The SMILES string of the molecule is C/C(=C\c1ccccc1C)[N+](=O)[O-].CC.CC. The van der Waals surface area contributed by atoms with E-state index in [2.05, 4.69) is 0 Å². The number of rotatable bonds is 2. The Morgan fingerprint density at radius 2 is 1.65 bits per heavy atom. The first kappa shape index (κ1) is 17.7. The molecule has 0 radical (unpaired) electrons. The fourth-order valence-corrected chi connectivity index (χ4v) is 1.03. The van der Waals surface area contributed by atoms with E-state index >= 15 is 0 Å². The van der Waals surface area contributed by atoms with Crippen LogP contribution in [0.15, 0.2) is 30.0 Å². The van der Waals surface area contributed by atoms with Crippen molar-refractivity contribution in [2.75, 3.05) is 0 Å². The second kappa shape index (κ2) is 10.9. The maximum absolute atomic E-state index is 10.4. The standard InChI is InChI=1S/C10H11NO2.2C2H6/c1-8-5-3-4-6-10(8)7-9(2)11(12)13;2*1-2/h3-7H,1-2H3;2*1-2H3/b9-7+;;. The molecule has 0 fully saturated rings. The number of nitrogens with zero attached hydrogens (tertiary/aromatic N) is 1. The van der Waals surface area contributed by atoms with Crippen molar-refractivity contribution in [3.8, 4) is 0 Å². The van der Waals surface area contributed by atoms with E-state index in [1.54, 1.807) is 6.08 Å². The monoisotopic (exact) mass is 237 g/mol. The minimum absolute atomic E-state index is 0.161. The third-order valence-corrected chi connectivity index (χ3v) is 1.84. The van der Waals surface area contributed by atoms with E-state index in [1.807, 2.05) is 58.9 Å². The molecule has 1 rings (SSSR count). The van der Waals surface area contributed by atoms with E-state index in [9.17, 15) is 10.1 Å². The molecule has 0 N–H and O–H groups in total. The Morgan fingerprint density at radius 3 is 2.06 bits per heavy atom. The Hall–Kier alpha value is -1.64. The molecule has 1 aromatic carbocycles. The van der Waals surface area contributed by atoms with Gasteiger partial charge in [0.25, 0.3) is 0 Å². The lowest BCUT2D eigenvalue weighted by Gasteiger charge is -1.97. The molecule has 3 heteroatoms. The molecule has 0 aromatic heterocycles. The number of aryl methyl sites for hydroxylation is 1. The zero-order valence-corrected chi connectivity index (χ0v) is 11.7. The number of nitro groups is 1. The van der Waals surface area contributed by atoms with Crippen LogP contribution < -0.4 is 0 Å². The molecule has 0 bridgehead atoms. The van der Waals surface area contributed by atoms with E-state index in [0.717, 1.165) is 11.1 Å². The van der Waals surface area contributed by atoms with Crippen molar-refractivity contribution in [1.82, 2.24) is 0 Å². The van der Waals surface area contributed by atoms with Crippen LogP contribution in [-0.4, -0.2) is 4.92 Å². The van der Waals surface area contributed by atoms with Gasteiger partial charge in [-0.25, -0.2) is 0 Å². The largest absolute Gasteiger partial charge is 0.259 e. The van der Waals surface area contributed by atoms with Crippen LogP contribution >= 0.6 is 0 Å². The Bertz CT molecular complexity index is 357. The summed E-state index contributed by atoms with van der Waals surface area (Å²) in [5.41, 5.74) is 2.11. The third-order valence-electron chi connectivity index (χ3n) is 1.84. The summed E-state index contributed by atoms with van der Waals surface area (Å²) in [4.78, 5) is 9.97. The fourth-order valence-electron chi connectivity index (χ4n) is 1.03. The summed E-state index contributed by atoms with van der Waals surface area (Å²) in [5, 5.41) is 10.4. The van der Waals surface area contributed by atoms with Gasteiger partial charge in [-0.15, -0.1) is 0 Å². The van der Waals surface area contributed by atoms with Gasteiger partial charge in [0.1, 0.15) is 0 Å². The van der Waals surface area contributed by atoms with Crippen molar-refractivity contribution >= 4 is 6.08 Å². The summed E-state index contributed by atoms with van der Waals surface area (Å²) in [7, 11) is 0. The lowest BCUT2D eigenvalue weighted by atomic mass is 10.1. The van der Waals surface area contributed by atoms with Gasteiger partial charge in [0.15, 0.2) is 0 Å². The molecule has 0 aliphatic heterocycles. The Balaban J connectivity index is 0. The molecule has 1 aromatic rings. The maximum atomic E-state index is 10.4. The molecule has 3 nitrogen and oxygen atoms in total. The molecular formula is C14H23NO2. The van der Waals surface area contributed by atoms with Gasteiger partial charge in [-0.05, 0) is 18.1 Å². The molecule has 96 valence electrons. The molecule has 0 saturated carbocycles. The lowest BCUT2D eigenvalue weighted by Crippen LogP contribution is -1.93. The predicted octanol–water partition coefficient (Wildman–Crippen LogP) is 4.68. The van der Waals surface area contributed by atoms with Crippen molar-refractivity contribution in [3.63, 3.8) is 0 Å². The quantitative estimate of drug-likeness (QED) is 0.553. The summed E-state index contributed by atoms with van der Waals surface area (Å²) in [6.45, 7) is 11.4. The molecule has 0 spiro atoms. The van der Waals surface area contributed by atoms with E-state index in [1.165, 1.54) is 6.92 Å². The second-order valence-corrected chi connectivity index (χ2v) is 2.90. The second-order valence-electron chi connectivity index (χ2n) is 2.90. The number of benzene rings is 1. The molecule has 0 saturated heterocycles. The van der Waals surface area contributed by atoms with Gasteiger partial charge in [-0.1, -0.05) is 52.0 Å². The summed E-state index contributed by atoms with van der Waals surface area (Å²) < 4.78 is 0. The molecule has 0 heterocycles. The van der Waals surface area contributed by atoms with Crippen molar-refractivity contribution in [1.29, 1.82) is 0 Å². The Labute approximate surface area is 104 Å². The lowest BCUT2D eigenvalue weighted by molar-refractivity contribution is -0.422. The van der Waals surface area contributed by atoms with Gasteiger partial charge in [0.05, 0.1) is 4.92 Å². The topological polar surface area (TPSA) is 43.1 Å². The highest BCUT2D eigenvalue weighted by Gasteiger charge is 2.02. The highest BCUT2D eigenvalue weighted by Crippen LogP contribution is 2.11. The van der Waals surface area contributed by atoms with Crippen LogP contribution in [-0.2, 0) is 0 Å². The Morgan fingerprint density at radius 1 is 1.18 bits per heavy atom. The fraction of sp³-hybridized carbons (Fsp3) is 0.429. The molecule has 17 heavy (non-hydrogen) atoms. The van der Waals surface area contributed by atoms with Crippen LogP contribution in [0.25, 0.3) is 6.08 Å². The normalized spacial score (nSPS) is 9.41. The number of hydrogen-bond donors (Lipinski definition) is 0. The number of allylic oxidation sites excluding steroid dienone is 1. The average Bonchev–Trinajstić information content (AvgIpc) is 2.37. The molecule has 0 atom stereocenters. The molecule has 0 amide bonds. The average molecular weight is 237 g/mol. The van der Waals surface area contributed by atoms with Crippen molar-refractivity contribution in [2.45, 2.75) is 41.5 Å². The number of hydrogen-bond acceptors (Lipinski definition) is 2. The summed E-state index contributed by atoms with van der Waals surface area (Å²) in [5.74, 6) is 0. The smallest absolute Gasteiger partial charge is 0.243 e. The third kappa shape index (κ3) is 7.28. The van der Waals surface area contributed by atoms with Crippen molar-refractivity contribution < 1.29 is 4.92 Å². The minimum Gasteiger partial charge on any atom is -0.259 e. The first-order valence-electron chi connectivity index (χ1n) is 5.99. The zero-order chi connectivity index (χ0) is 13.8. The van der Waals surface area contributed by atoms with Crippen LogP contribution in [0.3, 0.4) is 0 Å². The van der Waals surface area contributed by atoms with Crippen molar-refractivity contribution in [3.05, 3.63) is 51.2 Å². The van der Waals surface area contributed by atoms with E-state index in [-0.39, 0.29) is 10.6 Å². The van der Waals surface area contributed by atoms with Gasteiger partial charge in [-0.3, -0.25) is 10.1 Å². The van der Waals surface area contributed by atoms with Gasteiger partial charge in [0, 0.05) is 13.0 Å². The highest BCUT2D eigenvalue weighted by atomic mass is 16.6. The van der Waals surface area contributed by atoms with E-state index in [4.69, 9.17) is 0 Å². The van der Waals surface area contributed by atoms with E-state index < -0.39 is 0 Å². The molecular weight excluding hydrogens is 214 g/mol. The highest BCUT2D eigenvalue weighted by molar-refractivity contribution is 5.54. The summed E-state index contributed by atoms with van der Waals surface area (Å²) >= 11 is 0. The Kier molecular flexibility index (Phi) is 11.3. The molecule has 0 unspecified atom stereocenters. The van der Waals surface area contributed by atoms with Gasteiger partial charge in [-0.2, -0.15) is 0 Å². The summed E-state index contributed by atoms with van der Waals surface area (Å²) in [6.07, 6.45) is 1.58. The minimum atomic E-state index is -0.383. The van der Waals surface area contributed by atoms with Crippen LogP contribution in [0.4, 0.5) is 0 Å². The first-order valence-corrected chi connectivity index (χ1v) is 5.99. The van der Waals surface area contributed by atoms with Gasteiger partial charge in [0.2, 0.25) is 5.70 Å². The molecule has 0 aliphatic carbocycles. The van der Waals surface area contributed by atoms with Crippen LogP contribution in [0, 0.1) is 17.0 Å². The van der Waals surface area contributed by atoms with Crippen LogP contribution in [0.2, 0.25) is 0 Å². The predicted molar refractivity (Wildman–Crippen MR) is 74.5 cm³/mol. The maximum Gasteiger partial charge on any atom is 0.243 e. The van der Waals surface area contributed by atoms with E-state index in [0.29, 0.717) is 0 Å². The zero-order valence-electron chi connectivity index (χ0n) is 11.7.